The predicted octanol–water partition coefficient (Wildman–Crippen LogP) is 3.54. The number of piperazine rings is 1. The van der Waals surface area contributed by atoms with Crippen molar-refractivity contribution in [2.45, 2.75) is 26.4 Å². The van der Waals surface area contributed by atoms with Gasteiger partial charge in [0.25, 0.3) is 0 Å². The van der Waals surface area contributed by atoms with E-state index >= 15 is 0 Å². The van der Waals surface area contributed by atoms with Crippen molar-refractivity contribution >= 4 is 11.0 Å². The monoisotopic (exact) mass is 387 g/mol. The summed E-state index contributed by atoms with van der Waals surface area (Å²) in [7, 11) is 0. The van der Waals surface area contributed by atoms with Gasteiger partial charge in [0.05, 0.1) is 11.6 Å². The third-order valence-electron chi connectivity index (χ3n) is 5.65. The molecule has 0 aliphatic carbocycles. The molecule has 3 aromatic rings. The van der Waals surface area contributed by atoms with Crippen molar-refractivity contribution in [3.63, 3.8) is 0 Å². The molecule has 2 heterocycles. The van der Waals surface area contributed by atoms with Crippen molar-refractivity contribution in [3.8, 4) is 6.07 Å². The minimum atomic E-state index is -0.281. The zero-order valence-electron chi connectivity index (χ0n) is 16.7. The minimum absolute atomic E-state index is 0.281. The van der Waals surface area contributed by atoms with E-state index in [9.17, 15) is 4.79 Å². The van der Waals surface area contributed by atoms with Crippen LogP contribution in [-0.4, -0.2) is 36.0 Å². The van der Waals surface area contributed by atoms with E-state index in [-0.39, 0.29) is 5.63 Å². The quantitative estimate of drug-likeness (QED) is 0.627. The molecular weight excluding hydrogens is 362 g/mol. The Kier molecular flexibility index (Phi) is 5.75. The van der Waals surface area contributed by atoms with E-state index in [1.54, 1.807) is 6.07 Å². The topological polar surface area (TPSA) is 60.5 Å². The molecule has 0 atom stereocenters. The summed E-state index contributed by atoms with van der Waals surface area (Å²) in [6, 6.07) is 17.7. The number of hydrogen-bond donors (Lipinski definition) is 0. The van der Waals surface area contributed by atoms with E-state index in [1.165, 1.54) is 11.1 Å². The normalized spacial score (nSPS) is 15.4. The number of fused-ring (bicyclic) bond motifs is 1. The van der Waals surface area contributed by atoms with E-state index < -0.39 is 0 Å². The van der Waals surface area contributed by atoms with Crippen molar-refractivity contribution in [2.24, 2.45) is 0 Å². The fourth-order valence-electron chi connectivity index (χ4n) is 3.91. The van der Waals surface area contributed by atoms with Crippen LogP contribution in [0.5, 0.6) is 0 Å². The number of nitriles is 1. The minimum Gasteiger partial charge on any atom is -0.423 e. The molecule has 1 aromatic heterocycles. The molecule has 1 aliphatic rings. The molecule has 0 radical (unpaired) electrons. The van der Waals surface area contributed by atoms with Crippen molar-refractivity contribution in [1.82, 2.24) is 9.80 Å². The highest BCUT2D eigenvalue weighted by Gasteiger charge is 2.18. The summed E-state index contributed by atoms with van der Waals surface area (Å²) in [4.78, 5) is 16.8. The van der Waals surface area contributed by atoms with E-state index in [0.717, 1.165) is 56.6 Å². The van der Waals surface area contributed by atoms with Crippen LogP contribution in [0.3, 0.4) is 0 Å². The Morgan fingerprint density at radius 3 is 2.24 bits per heavy atom. The number of rotatable bonds is 5. The lowest BCUT2D eigenvalue weighted by Crippen LogP contribution is -2.45. The van der Waals surface area contributed by atoms with Gasteiger partial charge in [0, 0.05) is 50.7 Å². The van der Waals surface area contributed by atoms with Gasteiger partial charge in [0.1, 0.15) is 5.58 Å². The molecule has 4 rings (SSSR count). The largest absolute Gasteiger partial charge is 0.423 e. The lowest BCUT2D eigenvalue weighted by atomic mass is 10.0. The van der Waals surface area contributed by atoms with E-state index in [4.69, 9.17) is 9.68 Å². The summed E-state index contributed by atoms with van der Waals surface area (Å²) in [5.74, 6) is 0. The molecule has 2 aromatic carbocycles. The van der Waals surface area contributed by atoms with Gasteiger partial charge in [0.15, 0.2) is 0 Å². The van der Waals surface area contributed by atoms with Crippen LogP contribution in [0.4, 0.5) is 0 Å². The first-order chi connectivity index (χ1) is 14.1. The SMILES string of the molecule is CCc1ccc2oc(=O)cc(CN3CCN(Cc4ccc(C#N)cc4)CC3)c2c1. The molecule has 0 bridgehead atoms. The van der Waals surface area contributed by atoms with Crippen molar-refractivity contribution in [1.29, 1.82) is 5.26 Å². The third kappa shape index (κ3) is 4.56. The molecule has 0 unspecified atom stereocenters. The Labute approximate surface area is 170 Å². The number of nitrogens with zero attached hydrogens (tertiary/aromatic N) is 3. The summed E-state index contributed by atoms with van der Waals surface area (Å²) >= 11 is 0. The van der Waals surface area contributed by atoms with Gasteiger partial charge < -0.3 is 4.42 Å². The van der Waals surface area contributed by atoms with Gasteiger partial charge in [0.2, 0.25) is 0 Å². The van der Waals surface area contributed by atoms with E-state index in [0.29, 0.717) is 11.1 Å². The van der Waals surface area contributed by atoms with Crippen molar-refractivity contribution in [2.75, 3.05) is 26.2 Å². The van der Waals surface area contributed by atoms with E-state index in [2.05, 4.69) is 28.9 Å². The third-order valence-corrected chi connectivity index (χ3v) is 5.65. The summed E-state index contributed by atoms with van der Waals surface area (Å²) in [5, 5.41) is 9.97. The van der Waals surface area contributed by atoms with Crippen LogP contribution in [0.2, 0.25) is 0 Å². The van der Waals surface area contributed by atoms with Gasteiger partial charge in [-0.2, -0.15) is 5.26 Å². The van der Waals surface area contributed by atoms with Gasteiger partial charge in [-0.05, 0) is 47.4 Å². The second-order valence-electron chi connectivity index (χ2n) is 7.64. The molecule has 5 nitrogen and oxygen atoms in total. The molecule has 1 fully saturated rings. The van der Waals surface area contributed by atoms with E-state index in [1.807, 2.05) is 36.4 Å². The second kappa shape index (κ2) is 8.60. The average molecular weight is 387 g/mol. The van der Waals surface area contributed by atoms with Crippen molar-refractivity contribution < 1.29 is 4.42 Å². The van der Waals surface area contributed by atoms with Crippen LogP contribution < -0.4 is 5.63 Å². The summed E-state index contributed by atoms with van der Waals surface area (Å²) in [6.07, 6.45) is 0.961. The smallest absolute Gasteiger partial charge is 0.336 e. The first kappa shape index (κ1) is 19.4. The lowest BCUT2D eigenvalue weighted by molar-refractivity contribution is 0.122. The summed E-state index contributed by atoms with van der Waals surface area (Å²) < 4.78 is 5.39. The lowest BCUT2D eigenvalue weighted by Gasteiger charge is -2.34. The van der Waals surface area contributed by atoms with Crippen LogP contribution in [-0.2, 0) is 19.5 Å². The highest BCUT2D eigenvalue weighted by Crippen LogP contribution is 2.21. The van der Waals surface area contributed by atoms with Gasteiger partial charge in [-0.1, -0.05) is 25.1 Å². The average Bonchev–Trinajstić information content (AvgIpc) is 2.75. The number of hydrogen-bond acceptors (Lipinski definition) is 5. The maximum absolute atomic E-state index is 12.0. The fourth-order valence-corrected chi connectivity index (χ4v) is 3.91. The summed E-state index contributed by atoms with van der Waals surface area (Å²) in [5.41, 5.74) is 4.62. The van der Waals surface area contributed by atoms with Crippen LogP contribution in [0.1, 0.15) is 29.2 Å². The summed E-state index contributed by atoms with van der Waals surface area (Å²) in [6.45, 7) is 7.69. The highest BCUT2D eigenvalue weighted by molar-refractivity contribution is 5.80. The van der Waals surface area contributed by atoms with Crippen molar-refractivity contribution in [3.05, 3.63) is 81.2 Å². The zero-order chi connectivity index (χ0) is 20.2. The van der Waals surface area contributed by atoms with Gasteiger partial charge >= 0.3 is 5.63 Å². The van der Waals surface area contributed by atoms with Crippen LogP contribution >= 0.6 is 0 Å². The molecule has 0 saturated carbocycles. The molecule has 29 heavy (non-hydrogen) atoms. The Hall–Kier alpha value is -2.94. The Bertz CT molecular complexity index is 1090. The zero-order valence-corrected chi connectivity index (χ0v) is 16.7. The highest BCUT2D eigenvalue weighted by atomic mass is 16.4. The second-order valence-corrected chi connectivity index (χ2v) is 7.64. The van der Waals surface area contributed by atoms with Gasteiger partial charge in [-0.3, -0.25) is 9.80 Å². The molecular formula is C24H25N3O2. The molecule has 1 saturated heterocycles. The van der Waals surface area contributed by atoms with Crippen LogP contribution in [0.15, 0.2) is 57.7 Å². The van der Waals surface area contributed by atoms with Gasteiger partial charge in [-0.15, -0.1) is 0 Å². The van der Waals surface area contributed by atoms with Crippen LogP contribution in [0, 0.1) is 11.3 Å². The Morgan fingerprint density at radius 1 is 0.931 bits per heavy atom. The molecule has 5 heteroatoms. The molecule has 148 valence electrons. The first-order valence-corrected chi connectivity index (χ1v) is 10.1. The number of aryl methyl sites for hydroxylation is 1. The standard InChI is InChI=1S/C24H25N3O2/c1-2-18-7-8-23-22(13-18)21(14-24(28)29-23)17-27-11-9-26(10-12-27)16-20-5-3-19(15-25)4-6-20/h3-8,13-14H,2,9-12,16-17H2,1H3. The Balaban J connectivity index is 1.41. The Morgan fingerprint density at radius 2 is 1.59 bits per heavy atom. The first-order valence-electron chi connectivity index (χ1n) is 10.1. The maximum atomic E-state index is 12.0. The maximum Gasteiger partial charge on any atom is 0.336 e. The molecule has 0 N–H and O–H groups in total. The predicted molar refractivity (Wildman–Crippen MR) is 114 cm³/mol. The van der Waals surface area contributed by atoms with Crippen LogP contribution in [0.25, 0.3) is 11.0 Å². The fraction of sp³-hybridized carbons (Fsp3) is 0.333. The molecule has 1 aliphatic heterocycles. The molecule has 0 amide bonds. The molecule has 0 spiro atoms. The number of benzene rings is 2. The van der Waals surface area contributed by atoms with Gasteiger partial charge in [-0.25, -0.2) is 4.79 Å².